The van der Waals surface area contributed by atoms with E-state index in [0.717, 1.165) is 28.0 Å². The molecule has 0 saturated heterocycles. The highest BCUT2D eigenvalue weighted by Crippen LogP contribution is 2.43. The van der Waals surface area contributed by atoms with Gasteiger partial charge in [-0.2, -0.15) is 0 Å². The molecular weight excluding hydrogens is 506 g/mol. The highest BCUT2D eigenvalue weighted by molar-refractivity contribution is 6.13. The van der Waals surface area contributed by atoms with Gasteiger partial charge in [-0.3, -0.25) is 19.8 Å². The molecular formula is C26H23F4N5O3. The van der Waals surface area contributed by atoms with Crippen molar-refractivity contribution in [2.75, 3.05) is 31.1 Å². The van der Waals surface area contributed by atoms with Crippen LogP contribution in [-0.2, 0) is 6.54 Å². The Hall–Kier alpha value is -4.61. The number of ether oxygens (including phenoxy) is 2. The molecule has 0 unspecified atom stereocenters. The summed E-state index contributed by atoms with van der Waals surface area (Å²) in [5, 5.41) is 0. The number of aliphatic imine (C=N–C) groups is 1. The number of nitrogens with zero attached hydrogens (tertiary/aromatic N) is 4. The lowest BCUT2D eigenvalue weighted by Crippen LogP contribution is -2.46. The number of allylic oxidation sites excluding steroid dienone is 2. The van der Waals surface area contributed by atoms with Gasteiger partial charge < -0.3 is 15.2 Å². The van der Waals surface area contributed by atoms with Gasteiger partial charge in [0.25, 0.3) is 0 Å². The summed E-state index contributed by atoms with van der Waals surface area (Å²) in [6.45, 7) is 1.30. The molecule has 1 aliphatic heterocycles. The number of hydrogen-bond donors (Lipinski definition) is 1. The van der Waals surface area contributed by atoms with Crippen LogP contribution in [0.3, 0.4) is 0 Å². The number of rotatable bonds is 6. The number of pyridine rings is 1. The summed E-state index contributed by atoms with van der Waals surface area (Å²) in [4.78, 5) is 23.9. The van der Waals surface area contributed by atoms with Crippen LogP contribution < -0.4 is 25.0 Å². The molecule has 0 atom stereocenters. The summed E-state index contributed by atoms with van der Waals surface area (Å²) >= 11 is 0. The number of benzene rings is 2. The van der Waals surface area contributed by atoms with E-state index in [1.807, 2.05) is 0 Å². The predicted molar refractivity (Wildman–Crippen MR) is 135 cm³/mol. The van der Waals surface area contributed by atoms with Crippen LogP contribution in [0.5, 0.6) is 11.5 Å². The molecule has 0 saturated carbocycles. The average Bonchev–Trinajstić information content (AvgIpc) is 2.86. The quantitative estimate of drug-likeness (QED) is 0.345. The lowest BCUT2D eigenvalue weighted by Gasteiger charge is -2.37. The van der Waals surface area contributed by atoms with Crippen molar-refractivity contribution in [3.8, 4) is 11.5 Å². The number of hydrogen-bond acceptors (Lipinski definition) is 6. The fourth-order valence-electron chi connectivity index (χ4n) is 4.11. The average molecular weight is 529 g/mol. The molecule has 2 amide bonds. The first-order chi connectivity index (χ1) is 18.1. The van der Waals surface area contributed by atoms with E-state index in [9.17, 15) is 13.6 Å². The number of fused-ring (bicyclic) bond motifs is 1. The van der Waals surface area contributed by atoms with E-state index in [1.165, 1.54) is 39.7 Å². The number of anilines is 3. The summed E-state index contributed by atoms with van der Waals surface area (Å²) < 4.78 is 69.2. The zero-order chi connectivity index (χ0) is 27.7. The first-order valence-electron chi connectivity index (χ1n) is 11.2. The van der Waals surface area contributed by atoms with Crippen LogP contribution >= 0.6 is 0 Å². The number of urea groups is 1. The molecule has 0 bridgehead atoms. The molecule has 0 spiro atoms. The smallest absolute Gasteiger partial charge is 0.334 e. The van der Waals surface area contributed by atoms with Crippen molar-refractivity contribution in [3.63, 3.8) is 0 Å². The van der Waals surface area contributed by atoms with Crippen LogP contribution in [0.4, 0.5) is 39.4 Å². The normalized spacial score (nSPS) is 14.1. The molecule has 0 radical (unpaired) electrons. The molecule has 0 fully saturated rings. The van der Waals surface area contributed by atoms with Crippen molar-refractivity contribution in [1.82, 2.24) is 4.98 Å². The van der Waals surface area contributed by atoms with E-state index in [2.05, 4.69) is 9.98 Å². The third-order valence-electron chi connectivity index (χ3n) is 5.84. The maximum atomic E-state index is 15.4. The van der Waals surface area contributed by atoms with Crippen molar-refractivity contribution in [1.29, 1.82) is 0 Å². The molecule has 1 aliphatic rings. The lowest BCUT2D eigenvalue weighted by atomic mass is 10.0. The fraction of sp³-hybridized carbons (Fsp3) is 0.192. The van der Waals surface area contributed by atoms with Crippen LogP contribution in [-0.4, -0.2) is 38.5 Å². The van der Waals surface area contributed by atoms with Gasteiger partial charge in [0.15, 0.2) is 23.1 Å². The summed E-state index contributed by atoms with van der Waals surface area (Å²) in [5.41, 5.74) is 6.65. The van der Waals surface area contributed by atoms with Gasteiger partial charge in [-0.05, 0) is 25.1 Å². The zero-order valence-electron chi connectivity index (χ0n) is 20.9. The Bertz CT molecular complexity index is 1440. The van der Waals surface area contributed by atoms with Crippen molar-refractivity contribution < 1.29 is 31.8 Å². The van der Waals surface area contributed by atoms with E-state index < -0.39 is 35.0 Å². The standard InChI is InChI=1S/C26H23F4N5O3/c1-13(31)18(11-32-2)19-8-20-14(10-33-19)12-34(25-23(29)21(37-3)9-22(38-4)24(25)30)26(36)35(20)17-6-15(27)5-16(28)7-17/h5-11H,12,31H2,1-4H3. The molecule has 38 heavy (non-hydrogen) atoms. The van der Waals surface area contributed by atoms with Gasteiger partial charge in [-0.15, -0.1) is 0 Å². The van der Waals surface area contributed by atoms with Crippen molar-refractivity contribution >= 4 is 34.9 Å². The first kappa shape index (κ1) is 26.5. The third-order valence-corrected chi connectivity index (χ3v) is 5.84. The molecule has 198 valence electrons. The zero-order valence-corrected chi connectivity index (χ0v) is 20.9. The van der Waals surface area contributed by atoms with Crippen LogP contribution in [0.2, 0.25) is 0 Å². The molecule has 2 heterocycles. The number of carbonyl (C=O) groups is 1. The monoisotopic (exact) mass is 529 g/mol. The minimum atomic E-state index is -1.17. The molecule has 4 rings (SSSR count). The van der Waals surface area contributed by atoms with E-state index in [4.69, 9.17) is 15.2 Å². The Morgan fingerprint density at radius 2 is 1.63 bits per heavy atom. The third kappa shape index (κ3) is 4.60. The fourth-order valence-corrected chi connectivity index (χ4v) is 4.11. The Morgan fingerprint density at radius 1 is 1.03 bits per heavy atom. The maximum Gasteiger partial charge on any atom is 0.334 e. The van der Waals surface area contributed by atoms with Gasteiger partial charge >= 0.3 is 6.03 Å². The number of amides is 2. The Morgan fingerprint density at radius 3 is 2.16 bits per heavy atom. The molecule has 3 aromatic rings. The molecule has 2 aromatic carbocycles. The topological polar surface area (TPSA) is 93.3 Å². The molecule has 2 N–H and O–H groups in total. The van der Waals surface area contributed by atoms with Gasteiger partial charge in [-0.25, -0.2) is 22.4 Å². The maximum absolute atomic E-state index is 15.4. The summed E-state index contributed by atoms with van der Waals surface area (Å²) in [6.07, 6.45) is 2.85. The first-order valence-corrected chi connectivity index (χ1v) is 11.2. The van der Waals surface area contributed by atoms with E-state index in [1.54, 1.807) is 6.92 Å². The van der Waals surface area contributed by atoms with Crippen LogP contribution in [0, 0.1) is 23.3 Å². The van der Waals surface area contributed by atoms with E-state index in [-0.39, 0.29) is 29.4 Å². The van der Waals surface area contributed by atoms with E-state index >= 15 is 8.78 Å². The molecule has 1 aromatic heterocycles. The second-order valence-electron chi connectivity index (χ2n) is 8.27. The minimum absolute atomic E-state index is 0.181. The van der Waals surface area contributed by atoms with Gasteiger partial charge in [0.05, 0.1) is 37.8 Å². The lowest BCUT2D eigenvalue weighted by molar-refractivity contribution is 0.251. The molecule has 12 heteroatoms. The second kappa shape index (κ2) is 10.4. The van der Waals surface area contributed by atoms with Crippen molar-refractivity contribution in [2.45, 2.75) is 13.5 Å². The van der Waals surface area contributed by atoms with Gasteiger partial charge in [0.2, 0.25) is 0 Å². The SMILES string of the molecule is CN=CC(=C(C)N)c1cc2c(cn1)CN(c1c(F)c(OC)cc(OC)c1F)C(=O)N2c1cc(F)cc(F)c1. The summed E-state index contributed by atoms with van der Waals surface area (Å²) in [7, 11) is 3.88. The van der Waals surface area contributed by atoms with Crippen molar-refractivity contribution in [3.05, 3.63) is 76.8 Å². The van der Waals surface area contributed by atoms with Crippen molar-refractivity contribution in [2.24, 2.45) is 10.7 Å². The van der Waals surface area contributed by atoms with E-state index in [0.29, 0.717) is 28.6 Å². The number of methoxy groups -OCH3 is 2. The van der Waals surface area contributed by atoms with Gasteiger partial charge in [-0.1, -0.05) is 0 Å². The number of halogens is 4. The van der Waals surface area contributed by atoms with Gasteiger partial charge in [0.1, 0.15) is 17.3 Å². The number of nitrogens with two attached hydrogens (primary N) is 1. The van der Waals surface area contributed by atoms with Crippen LogP contribution in [0.15, 0.2) is 47.2 Å². The number of aromatic nitrogens is 1. The summed E-state index contributed by atoms with van der Waals surface area (Å²) in [5.74, 6) is -5.00. The number of carbonyl (C=O) groups excluding carboxylic acids is 1. The van der Waals surface area contributed by atoms with Gasteiger partial charge in [0, 0.05) is 48.4 Å². The Balaban J connectivity index is 1.99. The largest absolute Gasteiger partial charge is 0.493 e. The second-order valence-corrected chi connectivity index (χ2v) is 8.27. The molecule has 8 nitrogen and oxygen atoms in total. The molecule has 0 aliphatic carbocycles. The van der Waals surface area contributed by atoms with Crippen LogP contribution in [0.25, 0.3) is 5.57 Å². The highest BCUT2D eigenvalue weighted by Gasteiger charge is 2.38. The Labute approximate surface area is 215 Å². The van der Waals surface area contributed by atoms with Crippen LogP contribution in [0.1, 0.15) is 18.2 Å². The summed E-state index contributed by atoms with van der Waals surface area (Å²) in [6, 6.07) is 3.98. The minimum Gasteiger partial charge on any atom is -0.493 e. The highest BCUT2D eigenvalue weighted by atomic mass is 19.1. The predicted octanol–water partition coefficient (Wildman–Crippen LogP) is 5.32. The Kier molecular flexibility index (Phi) is 7.24.